The number of aromatic nitrogens is 4. The van der Waals surface area contributed by atoms with Crippen LogP contribution in [-0.4, -0.2) is 58.0 Å². The Morgan fingerprint density at radius 2 is 1.89 bits per heavy atom. The third kappa shape index (κ3) is 5.31. The van der Waals surface area contributed by atoms with E-state index in [9.17, 15) is 13.2 Å². The smallest absolute Gasteiger partial charge is 0.410 e. The van der Waals surface area contributed by atoms with Gasteiger partial charge >= 0.3 is 6.09 Å². The van der Waals surface area contributed by atoms with Crippen LogP contribution < -0.4 is 4.74 Å². The Morgan fingerprint density at radius 1 is 1.14 bits per heavy atom. The number of H-pyrrole nitrogens is 2. The van der Waals surface area contributed by atoms with E-state index in [1.807, 2.05) is 39.0 Å². The van der Waals surface area contributed by atoms with Crippen LogP contribution >= 0.6 is 0 Å². The first-order valence-electron chi connectivity index (χ1n) is 12.0. The third-order valence-electron chi connectivity index (χ3n) is 6.08. The van der Waals surface area contributed by atoms with Gasteiger partial charge in [-0.25, -0.2) is 18.2 Å². The molecule has 2 aromatic carbocycles. The second kappa shape index (κ2) is 9.22. The largest absolute Gasteiger partial charge is 0.457 e. The number of nitrogens with zero attached hydrogens (tertiary/aromatic N) is 3. The molecular formula is C26H29N5O5S. The van der Waals surface area contributed by atoms with Gasteiger partial charge in [0.05, 0.1) is 22.0 Å². The average molecular weight is 524 g/mol. The van der Waals surface area contributed by atoms with Crippen molar-refractivity contribution >= 4 is 27.0 Å². The number of carbonyl (C=O) groups excluding carboxylic acids is 1. The monoisotopic (exact) mass is 523 g/mol. The molecule has 194 valence electrons. The van der Waals surface area contributed by atoms with Crippen LogP contribution in [0.3, 0.4) is 0 Å². The van der Waals surface area contributed by atoms with Crippen LogP contribution in [0.1, 0.15) is 45.2 Å². The molecule has 0 saturated carbocycles. The molecule has 0 radical (unpaired) electrons. The van der Waals surface area contributed by atoms with Crippen molar-refractivity contribution in [3.63, 3.8) is 0 Å². The molecule has 1 amide bonds. The summed E-state index contributed by atoms with van der Waals surface area (Å²) in [5, 5.41) is 6.99. The van der Waals surface area contributed by atoms with Gasteiger partial charge in [0.25, 0.3) is 0 Å². The van der Waals surface area contributed by atoms with Crippen molar-refractivity contribution in [3.8, 4) is 23.0 Å². The highest BCUT2D eigenvalue weighted by atomic mass is 32.2. The molecule has 3 heterocycles. The van der Waals surface area contributed by atoms with Crippen LogP contribution in [-0.2, 0) is 14.6 Å². The second-order valence-corrected chi connectivity index (χ2v) is 12.1. The van der Waals surface area contributed by atoms with Gasteiger partial charge in [0.2, 0.25) is 0 Å². The van der Waals surface area contributed by atoms with E-state index in [-0.39, 0.29) is 17.0 Å². The molecule has 0 aliphatic carbocycles. The molecule has 4 aromatic rings. The van der Waals surface area contributed by atoms with Crippen molar-refractivity contribution in [2.45, 2.75) is 50.2 Å². The standard InChI is InChI=1S/C26H29N5O5S/c1-26(2,3)36-25(32)31-13-5-6-22(31)18-14-20-21(29-24(28-20)19-11-12-27-30-19)15-23(18)35-16-7-9-17(10-8-16)37(4,33)34/h7-12,14-15,22H,5-6,13H2,1-4H3,(H,27,30)(H,28,29). The fraction of sp³-hybridized carbons (Fsp3) is 0.346. The highest BCUT2D eigenvalue weighted by Gasteiger charge is 2.35. The number of benzene rings is 2. The summed E-state index contributed by atoms with van der Waals surface area (Å²) in [6, 6.07) is 11.6. The van der Waals surface area contributed by atoms with Gasteiger partial charge in [-0.2, -0.15) is 5.10 Å². The molecule has 2 N–H and O–H groups in total. The zero-order chi connectivity index (χ0) is 26.4. The predicted octanol–water partition coefficient (Wildman–Crippen LogP) is 5.22. The van der Waals surface area contributed by atoms with Crippen molar-refractivity contribution in [2.75, 3.05) is 12.8 Å². The molecule has 2 aromatic heterocycles. The number of rotatable bonds is 5. The number of hydrogen-bond acceptors (Lipinski definition) is 7. The summed E-state index contributed by atoms with van der Waals surface area (Å²) in [6.07, 6.45) is 4.08. The van der Waals surface area contributed by atoms with Crippen molar-refractivity contribution in [3.05, 3.63) is 54.2 Å². The number of likely N-dealkylation sites (tertiary alicyclic amines) is 1. The second-order valence-electron chi connectivity index (χ2n) is 10.1. The van der Waals surface area contributed by atoms with Crippen molar-refractivity contribution in [1.82, 2.24) is 25.1 Å². The number of nitrogens with one attached hydrogen (secondary N) is 2. The highest BCUT2D eigenvalue weighted by Crippen LogP contribution is 2.41. The Bertz CT molecular complexity index is 1540. The normalized spacial score (nSPS) is 16.3. The highest BCUT2D eigenvalue weighted by molar-refractivity contribution is 7.90. The maximum atomic E-state index is 13.0. The van der Waals surface area contributed by atoms with Crippen LogP contribution in [0.5, 0.6) is 11.5 Å². The van der Waals surface area contributed by atoms with Gasteiger partial charge in [-0.05, 0) is 70.0 Å². The average Bonchev–Trinajstić information content (AvgIpc) is 3.56. The lowest BCUT2D eigenvalue weighted by molar-refractivity contribution is 0.0223. The zero-order valence-electron chi connectivity index (χ0n) is 21.1. The number of sulfone groups is 1. The Morgan fingerprint density at radius 3 is 2.54 bits per heavy atom. The molecule has 0 spiro atoms. The van der Waals surface area contributed by atoms with Gasteiger partial charge in [-0.1, -0.05) is 0 Å². The third-order valence-corrected chi connectivity index (χ3v) is 7.20. The number of ether oxygens (including phenoxy) is 2. The van der Waals surface area contributed by atoms with Gasteiger partial charge in [-0.3, -0.25) is 5.10 Å². The Hall–Kier alpha value is -3.86. The first-order chi connectivity index (χ1) is 17.5. The summed E-state index contributed by atoms with van der Waals surface area (Å²) in [4.78, 5) is 23.0. The van der Waals surface area contributed by atoms with Crippen molar-refractivity contribution in [2.24, 2.45) is 0 Å². The van der Waals surface area contributed by atoms with E-state index in [4.69, 9.17) is 9.47 Å². The minimum Gasteiger partial charge on any atom is -0.457 e. The maximum absolute atomic E-state index is 13.0. The number of carbonyl (C=O) groups is 1. The fourth-order valence-electron chi connectivity index (χ4n) is 4.43. The molecule has 1 aliphatic rings. The molecule has 0 bridgehead atoms. The molecule has 1 atom stereocenters. The summed E-state index contributed by atoms with van der Waals surface area (Å²) in [5.74, 6) is 1.60. The van der Waals surface area contributed by atoms with Crippen molar-refractivity contribution < 1.29 is 22.7 Å². The van der Waals surface area contributed by atoms with Crippen LogP contribution in [0.2, 0.25) is 0 Å². The van der Waals surface area contributed by atoms with Gasteiger partial charge < -0.3 is 19.4 Å². The van der Waals surface area contributed by atoms with Gasteiger partial charge in [0.15, 0.2) is 15.7 Å². The SMILES string of the molecule is CC(C)(C)OC(=O)N1CCCC1c1cc2[nH]c(-c3cc[nH]n3)nc2cc1Oc1ccc(S(C)(=O)=O)cc1. The van der Waals surface area contributed by atoms with Crippen LogP contribution in [0.15, 0.2) is 53.6 Å². The lowest BCUT2D eigenvalue weighted by atomic mass is 10.0. The van der Waals surface area contributed by atoms with Crippen LogP contribution in [0.4, 0.5) is 4.79 Å². The first-order valence-corrected chi connectivity index (χ1v) is 13.9. The number of imidazole rings is 1. The number of fused-ring (bicyclic) bond motifs is 1. The van der Waals surface area contributed by atoms with Gasteiger partial charge in [0, 0.05) is 30.6 Å². The predicted molar refractivity (Wildman–Crippen MR) is 138 cm³/mol. The molecular weight excluding hydrogens is 494 g/mol. The lowest BCUT2D eigenvalue weighted by Crippen LogP contribution is -2.36. The molecule has 1 saturated heterocycles. The molecule has 1 fully saturated rings. The minimum absolute atomic E-state index is 0.207. The molecule has 11 heteroatoms. The van der Waals surface area contributed by atoms with Crippen molar-refractivity contribution in [1.29, 1.82) is 0 Å². The van der Waals surface area contributed by atoms with Crippen LogP contribution in [0.25, 0.3) is 22.6 Å². The Kier molecular flexibility index (Phi) is 6.18. The summed E-state index contributed by atoms with van der Waals surface area (Å²) < 4.78 is 35.7. The number of hydrogen-bond donors (Lipinski definition) is 2. The van der Waals surface area contributed by atoms with E-state index in [2.05, 4.69) is 20.2 Å². The van der Waals surface area contributed by atoms with E-state index < -0.39 is 15.4 Å². The van der Waals surface area contributed by atoms with E-state index >= 15 is 0 Å². The van der Waals surface area contributed by atoms with Gasteiger partial charge in [-0.15, -0.1) is 0 Å². The fourth-order valence-corrected chi connectivity index (χ4v) is 5.06. The van der Waals surface area contributed by atoms with E-state index in [1.54, 1.807) is 23.2 Å². The number of aromatic amines is 2. The van der Waals surface area contributed by atoms with Crippen LogP contribution in [0, 0.1) is 0 Å². The summed E-state index contributed by atoms with van der Waals surface area (Å²) in [6.45, 7) is 6.11. The first kappa shape index (κ1) is 24.8. The number of amides is 1. The minimum atomic E-state index is -3.33. The quantitative estimate of drug-likeness (QED) is 0.367. The summed E-state index contributed by atoms with van der Waals surface area (Å²) in [7, 11) is -3.33. The topological polar surface area (TPSA) is 130 Å². The Labute approximate surface area is 214 Å². The molecule has 37 heavy (non-hydrogen) atoms. The zero-order valence-corrected chi connectivity index (χ0v) is 21.9. The van der Waals surface area contributed by atoms with E-state index in [1.165, 1.54) is 12.1 Å². The lowest BCUT2D eigenvalue weighted by Gasteiger charge is -2.29. The summed E-state index contributed by atoms with van der Waals surface area (Å²) in [5.41, 5.74) is 2.32. The molecule has 10 nitrogen and oxygen atoms in total. The summed E-state index contributed by atoms with van der Waals surface area (Å²) >= 11 is 0. The van der Waals surface area contributed by atoms with Gasteiger partial charge in [0.1, 0.15) is 22.8 Å². The van der Waals surface area contributed by atoms with E-state index in [0.717, 1.165) is 30.2 Å². The molecule has 5 rings (SSSR count). The maximum Gasteiger partial charge on any atom is 0.410 e. The van der Waals surface area contributed by atoms with E-state index in [0.29, 0.717) is 35.1 Å². The molecule has 1 aliphatic heterocycles. The Balaban J connectivity index is 1.56. The molecule has 1 unspecified atom stereocenters.